The minimum Gasteiger partial charge on any atom is -0.319 e. The second-order valence-corrected chi connectivity index (χ2v) is 6.00. The van der Waals surface area contributed by atoms with E-state index in [9.17, 15) is 4.79 Å². The first-order valence-electron chi connectivity index (χ1n) is 5.80. The van der Waals surface area contributed by atoms with Gasteiger partial charge in [-0.2, -0.15) is 0 Å². The van der Waals surface area contributed by atoms with Gasteiger partial charge in [0.05, 0.1) is 6.04 Å². The molecule has 16 heavy (non-hydrogen) atoms. The Bertz CT molecular complexity index is 352. The second-order valence-electron chi connectivity index (χ2n) is 6.00. The van der Waals surface area contributed by atoms with Crippen LogP contribution in [0, 0.1) is 17.9 Å². The summed E-state index contributed by atoms with van der Waals surface area (Å²) >= 11 is 0. The molecule has 1 saturated heterocycles. The fraction of sp³-hybridized carbons (Fsp3) is 0.833. The van der Waals surface area contributed by atoms with Crippen molar-refractivity contribution in [1.82, 2.24) is 4.90 Å². The Balaban J connectivity index is 2.13. The number of hydrogen-bond acceptors (Lipinski definition) is 2. The van der Waals surface area contributed by atoms with Gasteiger partial charge in [0.25, 0.3) is 0 Å². The molecule has 2 fully saturated rings. The SMILES string of the molecule is [C-]#[N+]C1CC2CC2N1C(=O)[C@@H](N)C(C)(C)C. The van der Waals surface area contributed by atoms with Crippen molar-refractivity contribution in [2.75, 3.05) is 0 Å². The van der Waals surface area contributed by atoms with E-state index in [-0.39, 0.29) is 17.5 Å². The highest BCUT2D eigenvalue weighted by atomic mass is 16.2. The number of piperidine rings is 1. The molecule has 1 amide bonds. The standard InChI is InChI=1S/C12H19N3O/c1-12(2,3)10(13)11(16)15-8-5-7(8)6-9(15)14-4/h7-10H,5-6,13H2,1-3H3/t7?,8?,9?,10-/m1/s1. The van der Waals surface area contributed by atoms with Gasteiger partial charge in [-0.3, -0.25) is 14.5 Å². The number of carbonyl (C=O) groups is 1. The van der Waals surface area contributed by atoms with Crippen LogP contribution in [0.25, 0.3) is 4.85 Å². The van der Waals surface area contributed by atoms with Gasteiger partial charge in [-0.05, 0) is 17.8 Å². The van der Waals surface area contributed by atoms with Crippen LogP contribution in [0.2, 0.25) is 0 Å². The number of fused-ring (bicyclic) bond motifs is 1. The highest BCUT2D eigenvalue weighted by Crippen LogP contribution is 2.48. The van der Waals surface area contributed by atoms with E-state index in [2.05, 4.69) is 4.85 Å². The van der Waals surface area contributed by atoms with Gasteiger partial charge in [-0.25, -0.2) is 6.57 Å². The van der Waals surface area contributed by atoms with Gasteiger partial charge >= 0.3 is 6.17 Å². The number of rotatable bonds is 1. The zero-order valence-electron chi connectivity index (χ0n) is 10.1. The van der Waals surface area contributed by atoms with E-state index in [1.807, 2.05) is 20.8 Å². The summed E-state index contributed by atoms with van der Waals surface area (Å²) in [5.41, 5.74) is 5.74. The fourth-order valence-electron chi connectivity index (χ4n) is 2.39. The average Bonchev–Trinajstić information content (AvgIpc) is 2.86. The molecule has 1 heterocycles. The number of nitrogens with two attached hydrogens (primary N) is 1. The number of hydrogen-bond donors (Lipinski definition) is 1. The van der Waals surface area contributed by atoms with E-state index in [4.69, 9.17) is 12.3 Å². The van der Waals surface area contributed by atoms with Crippen LogP contribution in [0.15, 0.2) is 0 Å². The lowest BCUT2D eigenvalue weighted by Gasteiger charge is -2.30. The van der Waals surface area contributed by atoms with Gasteiger partial charge in [-0.1, -0.05) is 20.8 Å². The molecular formula is C12H19N3O. The molecule has 0 bridgehead atoms. The summed E-state index contributed by atoms with van der Waals surface area (Å²) in [6, 6.07) is -0.198. The van der Waals surface area contributed by atoms with Crippen molar-refractivity contribution in [3.05, 3.63) is 11.4 Å². The van der Waals surface area contributed by atoms with Crippen LogP contribution < -0.4 is 5.73 Å². The van der Waals surface area contributed by atoms with Crippen molar-refractivity contribution >= 4 is 5.91 Å². The average molecular weight is 221 g/mol. The summed E-state index contributed by atoms with van der Waals surface area (Å²) in [6.45, 7) is 13.0. The number of likely N-dealkylation sites (tertiary alicyclic amines) is 1. The smallest absolute Gasteiger partial charge is 0.301 e. The maximum Gasteiger partial charge on any atom is 0.301 e. The predicted molar refractivity (Wildman–Crippen MR) is 61.2 cm³/mol. The van der Waals surface area contributed by atoms with Gasteiger partial charge in [0.15, 0.2) is 0 Å². The lowest BCUT2D eigenvalue weighted by Crippen LogP contribution is -2.52. The molecule has 4 heteroatoms. The molecule has 1 saturated carbocycles. The summed E-state index contributed by atoms with van der Waals surface area (Å²) in [7, 11) is 0. The van der Waals surface area contributed by atoms with Gasteiger partial charge in [0, 0.05) is 12.5 Å². The minimum atomic E-state index is -0.504. The van der Waals surface area contributed by atoms with Gasteiger partial charge in [0.1, 0.15) is 0 Å². The fourth-order valence-corrected chi connectivity index (χ4v) is 2.39. The van der Waals surface area contributed by atoms with Crippen molar-refractivity contribution in [2.24, 2.45) is 17.1 Å². The Morgan fingerprint density at radius 2 is 2.12 bits per heavy atom. The third kappa shape index (κ3) is 1.69. The summed E-state index contributed by atoms with van der Waals surface area (Å²) < 4.78 is 0. The summed E-state index contributed by atoms with van der Waals surface area (Å²) in [5, 5.41) is 0. The second kappa shape index (κ2) is 3.46. The lowest BCUT2D eigenvalue weighted by atomic mass is 9.86. The van der Waals surface area contributed by atoms with Crippen LogP contribution in [0.4, 0.5) is 0 Å². The van der Waals surface area contributed by atoms with Crippen molar-refractivity contribution < 1.29 is 4.79 Å². The van der Waals surface area contributed by atoms with Crippen LogP contribution in [0.1, 0.15) is 33.6 Å². The third-order valence-electron chi connectivity index (χ3n) is 3.68. The molecule has 0 spiro atoms. The molecule has 4 atom stereocenters. The van der Waals surface area contributed by atoms with Crippen LogP contribution >= 0.6 is 0 Å². The number of amides is 1. The van der Waals surface area contributed by atoms with Crippen LogP contribution in [-0.2, 0) is 4.79 Å². The third-order valence-corrected chi connectivity index (χ3v) is 3.68. The molecule has 88 valence electrons. The van der Waals surface area contributed by atoms with E-state index in [1.54, 1.807) is 4.90 Å². The number of carbonyl (C=O) groups excluding carboxylic acids is 1. The molecule has 3 unspecified atom stereocenters. The largest absolute Gasteiger partial charge is 0.319 e. The summed E-state index contributed by atoms with van der Waals surface area (Å²) in [4.78, 5) is 17.5. The molecule has 4 nitrogen and oxygen atoms in total. The zero-order chi connectivity index (χ0) is 12.1. The minimum absolute atomic E-state index is 0.0431. The van der Waals surface area contributed by atoms with E-state index in [0.29, 0.717) is 12.0 Å². The first kappa shape index (κ1) is 11.4. The van der Waals surface area contributed by atoms with Crippen molar-refractivity contribution in [3.8, 4) is 0 Å². The van der Waals surface area contributed by atoms with Crippen LogP contribution in [-0.4, -0.2) is 29.1 Å². The van der Waals surface area contributed by atoms with E-state index < -0.39 is 6.04 Å². The quantitative estimate of drug-likeness (QED) is 0.677. The molecule has 0 aromatic heterocycles. The molecule has 0 aromatic rings. The molecular weight excluding hydrogens is 202 g/mol. The maximum absolute atomic E-state index is 12.3. The molecule has 0 aromatic carbocycles. The Kier molecular flexibility index (Phi) is 2.47. The van der Waals surface area contributed by atoms with E-state index in [0.717, 1.165) is 12.8 Å². The van der Waals surface area contributed by atoms with Crippen molar-refractivity contribution in [1.29, 1.82) is 0 Å². The summed E-state index contributed by atoms with van der Waals surface area (Å²) in [6.07, 6.45) is 1.65. The van der Waals surface area contributed by atoms with Crippen LogP contribution in [0.3, 0.4) is 0 Å². The molecule has 1 aliphatic heterocycles. The highest BCUT2D eigenvalue weighted by molar-refractivity contribution is 5.84. The normalized spacial score (nSPS) is 34.2. The maximum atomic E-state index is 12.3. The van der Waals surface area contributed by atoms with E-state index in [1.165, 1.54) is 0 Å². The summed E-state index contributed by atoms with van der Waals surface area (Å²) in [5.74, 6) is 0.522. The molecule has 1 aliphatic carbocycles. The predicted octanol–water partition coefficient (Wildman–Crippen LogP) is 1.23. The monoisotopic (exact) mass is 221 g/mol. The van der Waals surface area contributed by atoms with Gasteiger partial charge in [0.2, 0.25) is 5.91 Å². The first-order chi connectivity index (χ1) is 7.36. The van der Waals surface area contributed by atoms with Crippen molar-refractivity contribution in [3.63, 3.8) is 0 Å². The van der Waals surface area contributed by atoms with Crippen LogP contribution in [0.5, 0.6) is 0 Å². The zero-order valence-corrected chi connectivity index (χ0v) is 10.1. The first-order valence-corrected chi connectivity index (χ1v) is 5.80. The lowest BCUT2D eigenvalue weighted by molar-refractivity contribution is -0.136. The Hall–Kier alpha value is -1.08. The topological polar surface area (TPSA) is 50.7 Å². The van der Waals surface area contributed by atoms with E-state index >= 15 is 0 Å². The van der Waals surface area contributed by atoms with Crippen molar-refractivity contribution in [2.45, 2.75) is 51.9 Å². The molecule has 0 radical (unpaired) electrons. The Morgan fingerprint density at radius 1 is 1.50 bits per heavy atom. The number of nitrogens with zero attached hydrogens (tertiary/aromatic N) is 2. The van der Waals surface area contributed by atoms with Gasteiger partial charge < -0.3 is 5.73 Å². The Morgan fingerprint density at radius 3 is 2.62 bits per heavy atom. The highest BCUT2D eigenvalue weighted by Gasteiger charge is 2.58. The van der Waals surface area contributed by atoms with Gasteiger partial charge in [-0.15, -0.1) is 0 Å². The molecule has 2 N–H and O–H groups in total. The Labute approximate surface area is 96.6 Å². The molecule has 2 rings (SSSR count). The molecule has 2 aliphatic rings.